The van der Waals surface area contributed by atoms with Crippen LogP contribution in [0.5, 0.6) is 0 Å². The first kappa shape index (κ1) is 14.0. The summed E-state index contributed by atoms with van der Waals surface area (Å²) in [6.07, 6.45) is 0. The van der Waals surface area contributed by atoms with Crippen molar-refractivity contribution in [3.63, 3.8) is 0 Å². The third kappa shape index (κ3) is 2.35. The first-order chi connectivity index (χ1) is 10.6. The van der Waals surface area contributed by atoms with Crippen LogP contribution in [-0.4, -0.2) is 17.7 Å². The second-order valence-electron chi connectivity index (χ2n) is 4.99. The first-order valence-corrected chi connectivity index (χ1v) is 6.78. The second-order valence-corrected chi connectivity index (χ2v) is 4.99. The van der Waals surface area contributed by atoms with Crippen molar-refractivity contribution in [1.82, 2.24) is 0 Å². The van der Waals surface area contributed by atoms with Crippen LogP contribution in [-0.2, 0) is 4.79 Å². The molecule has 108 valence electrons. The lowest BCUT2D eigenvalue weighted by Gasteiger charge is -2.11. The molecule has 1 aliphatic rings. The Morgan fingerprint density at radius 3 is 2.73 bits per heavy atom. The number of benzene rings is 2. The summed E-state index contributed by atoms with van der Waals surface area (Å²) < 4.78 is 14.2. The van der Waals surface area contributed by atoms with E-state index < -0.39 is 11.9 Å². The molecule has 1 heterocycles. The number of carbonyl (C=O) groups is 1. The van der Waals surface area contributed by atoms with Gasteiger partial charge in [0.05, 0.1) is 23.0 Å². The fourth-order valence-electron chi connectivity index (χ4n) is 2.35. The topological polar surface area (TPSA) is 65.2 Å². The molecule has 2 aromatic rings. The highest BCUT2D eigenvalue weighted by Gasteiger charge is 2.24. The number of amides is 1. The molecule has 0 radical (unpaired) electrons. The quantitative estimate of drug-likeness (QED) is 0.878. The van der Waals surface area contributed by atoms with E-state index in [1.165, 1.54) is 6.07 Å². The van der Waals surface area contributed by atoms with Crippen molar-refractivity contribution < 1.29 is 9.18 Å². The Hall–Kier alpha value is -3.00. The van der Waals surface area contributed by atoms with E-state index in [2.05, 4.69) is 10.3 Å². The molecule has 0 aliphatic carbocycles. The van der Waals surface area contributed by atoms with Crippen molar-refractivity contribution in [2.75, 3.05) is 5.32 Å². The van der Waals surface area contributed by atoms with Crippen molar-refractivity contribution in [1.29, 1.82) is 5.26 Å². The number of fused-ring (bicyclic) bond motifs is 1. The van der Waals surface area contributed by atoms with Crippen LogP contribution in [0.1, 0.15) is 23.6 Å². The standard InChI is InChI=1S/C17H12FN3O/c1-10-17(22)21-15-7-6-11(9-19)8-13(15)16(20-10)12-4-2-3-5-14(12)18/h2-8,10H,1H3,(H,21,22). The summed E-state index contributed by atoms with van der Waals surface area (Å²) in [6, 6.07) is 12.5. The summed E-state index contributed by atoms with van der Waals surface area (Å²) in [6.45, 7) is 1.65. The summed E-state index contributed by atoms with van der Waals surface area (Å²) >= 11 is 0. The molecule has 3 rings (SSSR count). The number of nitrogens with zero attached hydrogens (tertiary/aromatic N) is 2. The van der Waals surface area contributed by atoms with E-state index in [-0.39, 0.29) is 5.91 Å². The van der Waals surface area contributed by atoms with E-state index in [1.54, 1.807) is 43.3 Å². The predicted molar refractivity (Wildman–Crippen MR) is 81.3 cm³/mol. The largest absolute Gasteiger partial charge is 0.324 e. The number of nitriles is 1. The molecular formula is C17H12FN3O. The van der Waals surface area contributed by atoms with Gasteiger partial charge in [-0.2, -0.15) is 5.26 Å². The Labute approximate surface area is 126 Å². The molecule has 0 saturated heterocycles. The number of anilines is 1. The molecule has 0 aromatic heterocycles. The van der Waals surface area contributed by atoms with Crippen LogP contribution in [0.25, 0.3) is 0 Å². The van der Waals surface area contributed by atoms with Gasteiger partial charge in [0.15, 0.2) is 0 Å². The van der Waals surface area contributed by atoms with Crippen LogP contribution in [0, 0.1) is 17.1 Å². The number of hydrogen-bond acceptors (Lipinski definition) is 3. The summed E-state index contributed by atoms with van der Waals surface area (Å²) in [5.74, 6) is -0.687. The lowest BCUT2D eigenvalue weighted by atomic mass is 9.98. The maximum atomic E-state index is 14.2. The number of aliphatic imine (C=N–C) groups is 1. The van der Waals surface area contributed by atoms with Gasteiger partial charge < -0.3 is 5.32 Å². The maximum absolute atomic E-state index is 14.2. The molecular weight excluding hydrogens is 281 g/mol. The van der Waals surface area contributed by atoms with Gasteiger partial charge in [0, 0.05) is 11.1 Å². The molecule has 0 saturated carbocycles. The molecule has 1 atom stereocenters. The first-order valence-electron chi connectivity index (χ1n) is 6.78. The summed E-state index contributed by atoms with van der Waals surface area (Å²) in [4.78, 5) is 16.4. The van der Waals surface area contributed by atoms with Crippen LogP contribution in [0.2, 0.25) is 0 Å². The second kappa shape index (κ2) is 5.41. The van der Waals surface area contributed by atoms with E-state index in [1.807, 2.05) is 6.07 Å². The summed E-state index contributed by atoms with van der Waals surface area (Å²) in [5.41, 5.74) is 2.17. The van der Waals surface area contributed by atoms with Gasteiger partial charge in [-0.05, 0) is 37.3 Å². The Morgan fingerprint density at radius 1 is 1.23 bits per heavy atom. The van der Waals surface area contributed by atoms with Crippen molar-refractivity contribution in [2.24, 2.45) is 4.99 Å². The minimum atomic E-state index is -0.646. The van der Waals surface area contributed by atoms with Crippen molar-refractivity contribution in [3.8, 4) is 6.07 Å². The fraction of sp³-hybridized carbons (Fsp3) is 0.118. The normalized spacial score (nSPS) is 16.9. The molecule has 0 spiro atoms. The average molecular weight is 293 g/mol. The van der Waals surface area contributed by atoms with Gasteiger partial charge in [0.25, 0.3) is 0 Å². The van der Waals surface area contributed by atoms with E-state index in [0.29, 0.717) is 28.1 Å². The molecule has 1 N–H and O–H groups in total. The van der Waals surface area contributed by atoms with E-state index in [9.17, 15) is 9.18 Å². The highest BCUT2D eigenvalue weighted by atomic mass is 19.1. The zero-order valence-corrected chi connectivity index (χ0v) is 11.8. The number of hydrogen-bond donors (Lipinski definition) is 1. The van der Waals surface area contributed by atoms with Crippen LogP contribution in [0.4, 0.5) is 10.1 Å². The Bertz CT molecular complexity index is 836. The fourth-order valence-corrected chi connectivity index (χ4v) is 2.35. The lowest BCUT2D eigenvalue weighted by molar-refractivity contribution is -0.116. The van der Waals surface area contributed by atoms with Crippen molar-refractivity contribution in [3.05, 3.63) is 65.0 Å². The number of rotatable bonds is 1. The van der Waals surface area contributed by atoms with Gasteiger partial charge in [0.2, 0.25) is 5.91 Å². The SMILES string of the molecule is CC1N=C(c2ccccc2F)c2cc(C#N)ccc2NC1=O. The maximum Gasteiger partial charge on any atom is 0.248 e. The molecule has 1 amide bonds. The molecule has 1 aliphatic heterocycles. The van der Waals surface area contributed by atoms with Crippen LogP contribution in [0.15, 0.2) is 47.5 Å². The van der Waals surface area contributed by atoms with Gasteiger partial charge in [-0.15, -0.1) is 0 Å². The van der Waals surface area contributed by atoms with Crippen LogP contribution < -0.4 is 5.32 Å². The Balaban J connectivity index is 2.28. The van der Waals surface area contributed by atoms with E-state index in [4.69, 9.17) is 5.26 Å². The van der Waals surface area contributed by atoms with E-state index >= 15 is 0 Å². The third-order valence-corrected chi connectivity index (χ3v) is 3.49. The molecule has 1 unspecified atom stereocenters. The molecule has 2 aromatic carbocycles. The number of benzodiazepines with no additional fused rings is 1. The van der Waals surface area contributed by atoms with Gasteiger partial charge in [-0.3, -0.25) is 9.79 Å². The minimum absolute atomic E-state index is 0.266. The predicted octanol–water partition coefficient (Wildman–Crippen LogP) is 2.88. The molecule has 5 heteroatoms. The Kier molecular flexibility index (Phi) is 3.43. The van der Waals surface area contributed by atoms with Gasteiger partial charge in [0.1, 0.15) is 11.9 Å². The molecule has 0 bridgehead atoms. The lowest BCUT2D eigenvalue weighted by Crippen LogP contribution is -2.22. The Morgan fingerprint density at radius 2 is 2.00 bits per heavy atom. The van der Waals surface area contributed by atoms with E-state index in [0.717, 1.165) is 0 Å². The average Bonchev–Trinajstić information content (AvgIpc) is 2.65. The smallest absolute Gasteiger partial charge is 0.248 e. The number of halogens is 1. The monoisotopic (exact) mass is 293 g/mol. The summed E-state index contributed by atoms with van der Waals surface area (Å²) in [7, 11) is 0. The highest BCUT2D eigenvalue weighted by molar-refractivity contribution is 6.19. The third-order valence-electron chi connectivity index (χ3n) is 3.49. The van der Waals surface area contributed by atoms with Crippen molar-refractivity contribution in [2.45, 2.75) is 13.0 Å². The summed E-state index contributed by atoms with van der Waals surface area (Å²) in [5, 5.41) is 11.8. The highest BCUT2D eigenvalue weighted by Crippen LogP contribution is 2.26. The zero-order chi connectivity index (χ0) is 15.7. The van der Waals surface area contributed by atoms with Crippen LogP contribution in [0.3, 0.4) is 0 Å². The zero-order valence-electron chi connectivity index (χ0n) is 11.8. The van der Waals surface area contributed by atoms with Gasteiger partial charge >= 0.3 is 0 Å². The minimum Gasteiger partial charge on any atom is -0.324 e. The molecule has 0 fully saturated rings. The number of carbonyl (C=O) groups excluding carboxylic acids is 1. The number of nitrogens with one attached hydrogen (secondary N) is 1. The van der Waals surface area contributed by atoms with Crippen LogP contribution >= 0.6 is 0 Å². The molecule has 4 nitrogen and oxygen atoms in total. The van der Waals surface area contributed by atoms with Gasteiger partial charge in [-0.25, -0.2) is 4.39 Å². The van der Waals surface area contributed by atoms with Gasteiger partial charge in [-0.1, -0.05) is 12.1 Å². The van der Waals surface area contributed by atoms with Crippen molar-refractivity contribution >= 4 is 17.3 Å². The molecule has 22 heavy (non-hydrogen) atoms.